The van der Waals surface area contributed by atoms with Gasteiger partial charge in [0.2, 0.25) is 0 Å². The number of amides is 1. The number of imidazole rings is 1. The van der Waals surface area contributed by atoms with Crippen LogP contribution in [0.3, 0.4) is 0 Å². The second-order valence-electron chi connectivity index (χ2n) is 5.87. The average molecular weight is 307 g/mol. The fourth-order valence-corrected chi connectivity index (χ4v) is 3.06. The highest BCUT2D eigenvalue weighted by atomic mass is 32.2. The Labute approximate surface area is 128 Å². The van der Waals surface area contributed by atoms with Crippen LogP contribution >= 0.6 is 11.8 Å². The molecule has 2 rings (SSSR count). The summed E-state index contributed by atoms with van der Waals surface area (Å²) in [6, 6.07) is 1.80. The van der Waals surface area contributed by atoms with Crippen molar-refractivity contribution in [3.63, 3.8) is 0 Å². The standard InChI is InChI=1S/C15H21N3O2S/c1-10-8-17-13-7-11(14(20)16-5-6-19)12(9-18(10)13)21-15(2,3)4/h7-9,19H,5-6H2,1-4H3,(H,16,20). The molecule has 6 heteroatoms. The first-order valence-corrected chi connectivity index (χ1v) is 7.69. The number of pyridine rings is 1. The van der Waals surface area contributed by atoms with Crippen LogP contribution in [0.4, 0.5) is 0 Å². The van der Waals surface area contributed by atoms with Gasteiger partial charge in [-0.2, -0.15) is 0 Å². The molecule has 0 aromatic carbocycles. The van der Waals surface area contributed by atoms with Crippen molar-refractivity contribution in [2.75, 3.05) is 13.2 Å². The smallest absolute Gasteiger partial charge is 0.252 e. The Morgan fingerprint density at radius 2 is 2.19 bits per heavy atom. The zero-order chi connectivity index (χ0) is 15.6. The molecule has 0 bridgehead atoms. The van der Waals surface area contributed by atoms with Crippen molar-refractivity contribution in [3.05, 3.63) is 29.7 Å². The summed E-state index contributed by atoms with van der Waals surface area (Å²) in [4.78, 5) is 17.5. The summed E-state index contributed by atoms with van der Waals surface area (Å²) in [6.07, 6.45) is 3.75. The Balaban J connectivity index is 2.49. The van der Waals surface area contributed by atoms with Crippen molar-refractivity contribution in [3.8, 4) is 0 Å². The van der Waals surface area contributed by atoms with E-state index in [9.17, 15) is 4.79 Å². The SMILES string of the molecule is Cc1cnc2cc(C(=O)NCCO)c(SC(C)(C)C)cn12. The third kappa shape index (κ3) is 3.77. The van der Waals surface area contributed by atoms with Crippen LogP contribution in [0.15, 0.2) is 23.4 Å². The molecule has 1 amide bonds. The molecule has 0 saturated heterocycles. The number of rotatable bonds is 4. The maximum atomic E-state index is 12.3. The van der Waals surface area contributed by atoms with E-state index in [0.29, 0.717) is 5.56 Å². The van der Waals surface area contributed by atoms with Crippen LogP contribution in [-0.2, 0) is 0 Å². The van der Waals surface area contributed by atoms with Crippen LogP contribution in [0.2, 0.25) is 0 Å². The number of aliphatic hydroxyl groups is 1. The first-order chi connectivity index (χ1) is 9.81. The second kappa shape index (κ2) is 6.07. The van der Waals surface area contributed by atoms with Crippen LogP contribution < -0.4 is 5.32 Å². The van der Waals surface area contributed by atoms with Gasteiger partial charge in [0.05, 0.1) is 12.2 Å². The highest BCUT2D eigenvalue weighted by Gasteiger charge is 2.20. The van der Waals surface area contributed by atoms with E-state index in [1.165, 1.54) is 0 Å². The van der Waals surface area contributed by atoms with E-state index in [1.807, 2.05) is 17.5 Å². The number of nitrogens with zero attached hydrogens (tertiary/aromatic N) is 2. The van der Waals surface area contributed by atoms with Crippen LogP contribution in [0.5, 0.6) is 0 Å². The lowest BCUT2D eigenvalue weighted by Crippen LogP contribution is -2.27. The van der Waals surface area contributed by atoms with Crippen molar-refractivity contribution in [1.82, 2.24) is 14.7 Å². The Morgan fingerprint density at radius 1 is 1.48 bits per heavy atom. The molecular formula is C15H21N3O2S. The van der Waals surface area contributed by atoms with E-state index < -0.39 is 0 Å². The molecule has 0 aliphatic carbocycles. The lowest BCUT2D eigenvalue weighted by atomic mass is 10.2. The van der Waals surface area contributed by atoms with Crippen molar-refractivity contribution < 1.29 is 9.90 Å². The van der Waals surface area contributed by atoms with Gasteiger partial charge in [0.1, 0.15) is 5.65 Å². The second-order valence-corrected chi connectivity index (χ2v) is 7.74. The first-order valence-electron chi connectivity index (χ1n) is 6.87. The number of aryl methyl sites for hydroxylation is 1. The van der Waals surface area contributed by atoms with Gasteiger partial charge in [-0.15, -0.1) is 11.8 Å². The maximum Gasteiger partial charge on any atom is 0.252 e. The number of aromatic nitrogens is 2. The number of nitrogens with one attached hydrogen (secondary N) is 1. The third-order valence-corrected chi connectivity index (χ3v) is 4.01. The van der Waals surface area contributed by atoms with Gasteiger partial charge in [0, 0.05) is 34.3 Å². The molecule has 0 atom stereocenters. The summed E-state index contributed by atoms with van der Waals surface area (Å²) in [7, 11) is 0. The minimum absolute atomic E-state index is 0.00578. The van der Waals surface area contributed by atoms with Crippen molar-refractivity contribution >= 4 is 23.3 Å². The summed E-state index contributed by atoms with van der Waals surface area (Å²) in [5.41, 5.74) is 2.38. The van der Waals surface area contributed by atoms with Gasteiger partial charge in [-0.25, -0.2) is 4.98 Å². The number of hydrogen-bond acceptors (Lipinski definition) is 4. The fourth-order valence-electron chi connectivity index (χ4n) is 1.98. The molecule has 2 aromatic heterocycles. The monoisotopic (exact) mass is 307 g/mol. The molecule has 0 aliphatic heterocycles. The predicted molar refractivity (Wildman–Crippen MR) is 85.0 cm³/mol. The number of carbonyl (C=O) groups excluding carboxylic acids is 1. The van der Waals surface area contributed by atoms with E-state index in [2.05, 4.69) is 31.1 Å². The quantitative estimate of drug-likeness (QED) is 0.850. The fraction of sp³-hybridized carbons (Fsp3) is 0.467. The summed E-state index contributed by atoms with van der Waals surface area (Å²) in [6.45, 7) is 8.49. The lowest BCUT2D eigenvalue weighted by Gasteiger charge is -2.20. The van der Waals surface area contributed by atoms with Gasteiger partial charge < -0.3 is 14.8 Å². The number of hydrogen-bond donors (Lipinski definition) is 2. The van der Waals surface area contributed by atoms with Gasteiger partial charge in [-0.05, 0) is 13.0 Å². The molecule has 0 fully saturated rings. The summed E-state index contributed by atoms with van der Waals surface area (Å²) < 4.78 is 1.98. The zero-order valence-corrected chi connectivity index (χ0v) is 13.6. The topological polar surface area (TPSA) is 66.6 Å². The predicted octanol–water partition coefficient (Wildman–Crippen LogP) is 2.26. The molecule has 0 radical (unpaired) electrons. The largest absolute Gasteiger partial charge is 0.395 e. The maximum absolute atomic E-state index is 12.3. The number of thioether (sulfide) groups is 1. The highest BCUT2D eigenvalue weighted by molar-refractivity contribution is 8.00. The van der Waals surface area contributed by atoms with Gasteiger partial charge in [-0.1, -0.05) is 20.8 Å². The minimum atomic E-state index is -0.182. The number of fused-ring (bicyclic) bond motifs is 1. The van der Waals surface area contributed by atoms with E-state index in [0.717, 1.165) is 16.2 Å². The molecule has 21 heavy (non-hydrogen) atoms. The van der Waals surface area contributed by atoms with Gasteiger partial charge >= 0.3 is 0 Å². The number of aliphatic hydroxyl groups excluding tert-OH is 1. The van der Waals surface area contributed by atoms with Gasteiger partial charge in [-0.3, -0.25) is 4.79 Å². The molecule has 5 nitrogen and oxygen atoms in total. The zero-order valence-electron chi connectivity index (χ0n) is 12.8. The molecule has 2 N–H and O–H groups in total. The van der Waals surface area contributed by atoms with Gasteiger partial charge in [0.25, 0.3) is 5.91 Å². The molecule has 0 saturated carbocycles. The van der Waals surface area contributed by atoms with Crippen LogP contribution in [-0.4, -0.2) is 38.3 Å². The Hall–Kier alpha value is -1.53. The Bertz CT molecular complexity index is 659. The molecule has 0 spiro atoms. The van der Waals surface area contributed by atoms with Crippen LogP contribution in [0.1, 0.15) is 36.8 Å². The lowest BCUT2D eigenvalue weighted by molar-refractivity contribution is 0.0942. The summed E-state index contributed by atoms with van der Waals surface area (Å²) in [5.74, 6) is -0.182. The van der Waals surface area contributed by atoms with Crippen LogP contribution in [0.25, 0.3) is 5.65 Å². The van der Waals surface area contributed by atoms with E-state index in [1.54, 1.807) is 24.0 Å². The third-order valence-electron chi connectivity index (χ3n) is 2.85. The van der Waals surface area contributed by atoms with Crippen molar-refractivity contribution in [2.24, 2.45) is 0 Å². The van der Waals surface area contributed by atoms with E-state index in [-0.39, 0.29) is 23.8 Å². The molecule has 2 heterocycles. The van der Waals surface area contributed by atoms with Gasteiger partial charge in [0.15, 0.2) is 0 Å². The molecule has 0 aliphatic rings. The summed E-state index contributed by atoms with van der Waals surface area (Å²) >= 11 is 1.64. The number of carbonyl (C=O) groups is 1. The normalized spacial score (nSPS) is 11.9. The molecular weight excluding hydrogens is 286 g/mol. The van der Waals surface area contributed by atoms with E-state index in [4.69, 9.17) is 5.11 Å². The molecule has 0 unspecified atom stereocenters. The summed E-state index contributed by atoms with van der Waals surface area (Å²) in [5, 5.41) is 11.6. The highest BCUT2D eigenvalue weighted by Crippen LogP contribution is 2.34. The Morgan fingerprint density at radius 3 is 2.81 bits per heavy atom. The van der Waals surface area contributed by atoms with Crippen molar-refractivity contribution in [1.29, 1.82) is 0 Å². The molecule has 2 aromatic rings. The average Bonchev–Trinajstić information content (AvgIpc) is 2.74. The van der Waals surface area contributed by atoms with E-state index >= 15 is 0 Å². The first kappa shape index (κ1) is 15.9. The Kier molecular flexibility index (Phi) is 4.58. The van der Waals surface area contributed by atoms with Crippen molar-refractivity contribution in [2.45, 2.75) is 37.3 Å². The molecule has 114 valence electrons. The minimum Gasteiger partial charge on any atom is -0.395 e. The van der Waals surface area contributed by atoms with Crippen LogP contribution in [0, 0.1) is 6.92 Å².